The lowest BCUT2D eigenvalue weighted by molar-refractivity contribution is -0.118. The number of phenols is 1. The molecule has 3 rings (SSSR count). The minimum atomic E-state index is -0.0266. The van der Waals surface area contributed by atoms with Crippen LogP contribution in [0.2, 0.25) is 0 Å². The lowest BCUT2D eigenvalue weighted by Gasteiger charge is -2.27. The maximum atomic E-state index is 11.0. The Balaban J connectivity index is 1.86. The van der Waals surface area contributed by atoms with Crippen LogP contribution >= 0.6 is 0 Å². The highest BCUT2D eigenvalue weighted by Crippen LogP contribution is 2.31. The molecule has 0 aliphatic carbocycles. The van der Waals surface area contributed by atoms with Gasteiger partial charge in [0.15, 0.2) is 0 Å². The molecule has 6 nitrogen and oxygen atoms in total. The van der Waals surface area contributed by atoms with Gasteiger partial charge in [-0.3, -0.25) is 9.69 Å². The molecule has 3 N–H and O–H groups in total. The van der Waals surface area contributed by atoms with Crippen LogP contribution in [0.1, 0.15) is 18.1 Å². The van der Waals surface area contributed by atoms with Gasteiger partial charge in [0.05, 0.1) is 13.2 Å². The highest BCUT2D eigenvalue weighted by atomic mass is 16.5. The average molecular weight is 317 g/mol. The van der Waals surface area contributed by atoms with E-state index >= 15 is 0 Å². The summed E-state index contributed by atoms with van der Waals surface area (Å²) in [5.74, 6) is 0.297. The average Bonchev–Trinajstić information content (AvgIpc) is 2.94. The van der Waals surface area contributed by atoms with Gasteiger partial charge < -0.3 is 20.1 Å². The third kappa shape index (κ3) is 3.65. The largest absolute Gasteiger partial charge is 0.508 e. The Morgan fingerprint density at radius 2 is 2.17 bits per heavy atom. The van der Waals surface area contributed by atoms with Crippen LogP contribution < -0.4 is 5.32 Å². The van der Waals surface area contributed by atoms with Gasteiger partial charge in [0.1, 0.15) is 5.75 Å². The van der Waals surface area contributed by atoms with Gasteiger partial charge in [-0.15, -0.1) is 0 Å². The van der Waals surface area contributed by atoms with Gasteiger partial charge in [0.2, 0.25) is 5.91 Å². The van der Waals surface area contributed by atoms with Crippen molar-refractivity contribution in [1.82, 2.24) is 15.2 Å². The number of hydrogen-bond donors (Lipinski definition) is 3. The van der Waals surface area contributed by atoms with Crippen molar-refractivity contribution in [3.63, 3.8) is 0 Å². The summed E-state index contributed by atoms with van der Waals surface area (Å²) in [4.78, 5) is 16.6. The summed E-state index contributed by atoms with van der Waals surface area (Å²) >= 11 is 0. The molecule has 1 fully saturated rings. The Morgan fingerprint density at radius 3 is 2.91 bits per heavy atom. The molecule has 1 saturated heterocycles. The molecule has 0 unspecified atom stereocenters. The van der Waals surface area contributed by atoms with Gasteiger partial charge >= 0.3 is 0 Å². The van der Waals surface area contributed by atoms with Crippen molar-refractivity contribution in [3.8, 4) is 5.75 Å². The molecule has 124 valence electrons. The highest BCUT2D eigenvalue weighted by molar-refractivity contribution is 5.88. The first-order valence-corrected chi connectivity index (χ1v) is 8.00. The number of aromatic nitrogens is 1. The smallest absolute Gasteiger partial charge is 0.216 e. The molecule has 1 aliphatic rings. The first-order chi connectivity index (χ1) is 11.1. The number of nitrogens with zero attached hydrogens (tertiary/aromatic N) is 1. The second kappa shape index (κ2) is 7.02. The van der Waals surface area contributed by atoms with E-state index in [9.17, 15) is 9.90 Å². The molecule has 1 aromatic heterocycles. The number of ether oxygens (including phenoxy) is 1. The van der Waals surface area contributed by atoms with Crippen molar-refractivity contribution >= 4 is 16.8 Å². The summed E-state index contributed by atoms with van der Waals surface area (Å²) in [6, 6.07) is 3.64. The number of hydrogen-bond acceptors (Lipinski definition) is 4. The summed E-state index contributed by atoms with van der Waals surface area (Å²) < 4.78 is 5.39. The van der Waals surface area contributed by atoms with Crippen LogP contribution in [0, 0.1) is 0 Å². The normalized spacial score (nSPS) is 15.9. The second-order valence-corrected chi connectivity index (χ2v) is 5.92. The zero-order valence-corrected chi connectivity index (χ0v) is 13.4. The number of benzene rings is 1. The SMILES string of the molecule is CC(=O)NCCc1c[nH]c2ccc(O)c(CN3CCOCC3)c12. The van der Waals surface area contributed by atoms with E-state index in [1.807, 2.05) is 12.3 Å². The highest BCUT2D eigenvalue weighted by Gasteiger charge is 2.17. The maximum Gasteiger partial charge on any atom is 0.216 e. The fourth-order valence-electron chi connectivity index (χ4n) is 3.07. The molecule has 0 bridgehead atoms. The number of amides is 1. The van der Waals surface area contributed by atoms with Crippen molar-refractivity contribution in [2.24, 2.45) is 0 Å². The quantitative estimate of drug-likeness (QED) is 0.779. The minimum Gasteiger partial charge on any atom is -0.508 e. The standard InChI is InChI=1S/C17H23N3O3/c1-12(21)18-5-4-13-10-19-15-2-3-16(22)14(17(13)15)11-20-6-8-23-9-7-20/h2-3,10,19,22H,4-9,11H2,1H3,(H,18,21). The Morgan fingerprint density at radius 1 is 1.39 bits per heavy atom. The first-order valence-electron chi connectivity index (χ1n) is 8.00. The van der Waals surface area contributed by atoms with Crippen molar-refractivity contribution in [2.75, 3.05) is 32.8 Å². The van der Waals surface area contributed by atoms with E-state index in [0.29, 0.717) is 18.8 Å². The summed E-state index contributed by atoms with van der Waals surface area (Å²) in [6.07, 6.45) is 2.70. The lowest BCUT2D eigenvalue weighted by atomic mass is 10.0. The third-order valence-corrected chi connectivity index (χ3v) is 4.26. The van der Waals surface area contributed by atoms with E-state index in [0.717, 1.165) is 54.8 Å². The van der Waals surface area contributed by atoms with E-state index in [-0.39, 0.29) is 5.91 Å². The van der Waals surface area contributed by atoms with Crippen LogP contribution in [0.15, 0.2) is 18.3 Å². The molecule has 6 heteroatoms. The van der Waals surface area contributed by atoms with Gasteiger partial charge in [0, 0.05) is 55.8 Å². The summed E-state index contributed by atoms with van der Waals surface area (Å²) in [5, 5.41) is 14.2. The predicted octanol–water partition coefficient (Wildman–Crippen LogP) is 1.38. The van der Waals surface area contributed by atoms with Crippen LogP contribution in [-0.4, -0.2) is 53.7 Å². The van der Waals surface area contributed by atoms with Crippen molar-refractivity contribution < 1.29 is 14.6 Å². The molecule has 0 radical (unpaired) electrons. The molecule has 0 saturated carbocycles. The Labute approximate surface area is 135 Å². The zero-order valence-electron chi connectivity index (χ0n) is 13.4. The topological polar surface area (TPSA) is 77.6 Å². The van der Waals surface area contributed by atoms with Crippen molar-refractivity contribution in [1.29, 1.82) is 0 Å². The number of fused-ring (bicyclic) bond motifs is 1. The van der Waals surface area contributed by atoms with Gasteiger partial charge in [-0.1, -0.05) is 0 Å². The molecule has 23 heavy (non-hydrogen) atoms. The second-order valence-electron chi connectivity index (χ2n) is 5.92. The number of carbonyl (C=O) groups is 1. The van der Waals surface area contributed by atoms with Crippen molar-refractivity contribution in [2.45, 2.75) is 19.9 Å². The third-order valence-electron chi connectivity index (χ3n) is 4.26. The number of H-pyrrole nitrogens is 1. The maximum absolute atomic E-state index is 11.0. The molecule has 1 aromatic carbocycles. The summed E-state index contributed by atoms with van der Waals surface area (Å²) in [6.45, 7) is 6.04. The first kappa shape index (κ1) is 15.8. The number of aromatic amines is 1. The minimum absolute atomic E-state index is 0.0266. The van der Waals surface area contributed by atoms with E-state index in [2.05, 4.69) is 15.2 Å². The van der Waals surface area contributed by atoms with E-state index in [1.54, 1.807) is 6.07 Å². The molecular weight excluding hydrogens is 294 g/mol. The van der Waals surface area contributed by atoms with Gasteiger partial charge in [-0.05, 0) is 24.1 Å². The summed E-state index contributed by atoms with van der Waals surface area (Å²) in [7, 11) is 0. The van der Waals surface area contributed by atoms with Gasteiger partial charge in [0.25, 0.3) is 0 Å². The Kier molecular flexibility index (Phi) is 4.83. The van der Waals surface area contributed by atoms with Crippen LogP contribution in [0.5, 0.6) is 5.75 Å². The zero-order chi connectivity index (χ0) is 16.2. The van der Waals surface area contributed by atoms with Gasteiger partial charge in [-0.2, -0.15) is 0 Å². The fourth-order valence-corrected chi connectivity index (χ4v) is 3.07. The lowest BCUT2D eigenvalue weighted by Crippen LogP contribution is -2.35. The molecule has 2 aromatic rings. The summed E-state index contributed by atoms with van der Waals surface area (Å²) in [5.41, 5.74) is 3.08. The van der Waals surface area contributed by atoms with Crippen LogP contribution in [0.25, 0.3) is 10.9 Å². The van der Waals surface area contributed by atoms with Crippen LogP contribution in [0.3, 0.4) is 0 Å². The van der Waals surface area contributed by atoms with E-state index in [4.69, 9.17) is 4.74 Å². The van der Waals surface area contributed by atoms with Gasteiger partial charge in [-0.25, -0.2) is 0 Å². The number of carbonyl (C=O) groups excluding carboxylic acids is 1. The molecular formula is C17H23N3O3. The number of nitrogens with one attached hydrogen (secondary N) is 2. The van der Waals surface area contributed by atoms with E-state index < -0.39 is 0 Å². The number of phenolic OH excluding ortho intramolecular Hbond substituents is 1. The Bertz CT molecular complexity index is 690. The Hall–Kier alpha value is -2.05. The number of morpholine rings is 1. The van der Waals surface area contributed by atoms with Crippen LogP contribution in [-0.2, 0) is 22.5 Å². The molecule has 2 heterocycles. The molecule has 1 aliphatic heterocycles. The number of rotatable bonds is 5. The number of aromatic hydroxyl groups is 1. The fraction of sp³-hybridized carbons (Fsp3) is 0.471. The van der Waals surface area contributed by atoms with Crippen LogP contribution in [0.4, 0.5) is 0 Å². The monoisotopic (exact) mass is 317 g/mol. The van der Waals surface area contributed by atoms with E-state index in [1.165, 1.54) is 6.92 Å². The van der Waals surface area contributed by atoms with Crippen molar-refractivity contribution in [3.05, 3.63) is 29.5 Å². The molecule has 0 spiro atoms. The molecule has 1 amide bonds. The molecule has 0 atom stereocenters. The predicted molar refractivity (Wildman–Crippen MR) is 88.4 cm³/mol.